The summed E-state index contributed by atoms with van der Waals surface area (Å²) in [5, 5.41) is 4.12. The van der Waals surface area contributed by atoms with Crippen LogP contribution in [0.25, 0.3) is 11.3 Å². The third-order valence-corrected chi connectivity index (χ3v) is 3.62. The van der Waals surface area contributed by atoms with Gasteiger partial charge in [0.05, 0.1) is 5.69 Å². The standard InChI is InChI=1S/C13H13ClN2OS/c1-3-11(17)15-13-16-12(8(2)18-13)9-4-6-10(14)7-5-9/h4-7H,3H2,1-2H3,(H,15,16,17). The number of hydrogen-bond donors (Lipinski definition) is 1. The quantitative estimate of drug-likeness (QED) is 0.919. The molecule has 0 bridgehead atoms. The molecule has 1 N–H and O–H groups in total. The van der Waals surface area contributed by atoms with Crippen LogP contribution in [0.4, 0.5) is 5.13 Å². The highest BCUT2D eigenvalue weighted by atomic mass is 35.5. The molecular weight excluding hydrogens is 268 g/mol. The van der Waals surface area contributed by atoms with Gasteiger partial charge in [0.25, 0.3) is 0 Å². The Kier molecular flexibility index (Phi) is 3.99. The SMILES string of the molecule is CCC(=O)Nc1nc(-c2ccc(Cl)cc2)c(C)s1. The number of carbonyl (C=O) groups excluding carboxylic acids is 1. The summed E-state index contributed by atoms with van der Waals surface area (Å²) in [5.41, 5.74) is 1.90. The van der Waals surface area contributed by atoms with Crippen LogP contribution in [0.5, 0.6) is 0 Å². The van der Waals surface area contributed by atoms with Crippen molar-refractivity contribution in [1.82, 2.24) is 4.98 Å². The van der Waals surface area contributed by atoms with E-state index in [1.165, 1.54) is 11.3 Å². The summed E-state index contributed by atoms with van der Waals surface area (Å²) in [6, 6.07) is 7.52. The van der Waals surface area contributed by atoms with Crippen molar-refractivity contribution in [2.24, 2.45) is 0 Å². The third-order valence-electron chi connectivity index (χ3n) is 2.48. The van der Waals surface area contributed by atoms with Gasteiger partial charge in [-0.15, -0.1) is 11.3 Å². The molecule has 0 atom stereocenters. The summed E-state index contributed by atoms with van der Waals surface area (Å²) in [5.74, 6) is -0.0218. The predicted octanol–water partition coefficient (Wildman–Crippen LogP) is 4.12. The predicted molar refractivity (Wildman–Crippen MR) is 76.2 cm³/mol. The number of anilines is 1. The van der Waals surface area contributed by atoms with Gasteiger partial charge in [0.15, 0.2) is 5.13 Å². The molecule has 1 aromatic heterocycles. The van der Waals surface area contributed by atoms with E-state index in [2.05, 4.69) is 10.3 Å². The van der Waals surface area contributed by atoms with Crippen LogP contribution in [0.15, 0.2) is 24.3 Å². The summed E-state index contributed by atoms with van der Waals surface area (Å²) in [4.78, 5) is 16.8. The van der Waals surface area contributed by atoms with Gasteiger partial charge >= 0.3 is 0 Å². The Hall–Kier alpha value is -1.39. The number of rotatable bonds is 3. The molecule has 0 aliphatic rings. The zero-order valence-electron chi connectivity index (χ0n) is 10.2. The van der Waals surface area contributed by atoms with Crippen LogP contribution in [-0.4, -0.2) is 10.9 Å². The second-order valence-corrected chi connectivity index (χ2v) is 5.47. The van der Waals surface area contributed by atoms with E-state index in [9.17, 15) is 4.79 Å². The normalized spacial score (nSPS) is 10.4. The maximum absolute atomic E-state index is 11.3. The highest BCUT2D eigenvalue weighted by molar-refractivity contribution is 7.16. The minimum absolute atomic E-state index is 0.0218. The number of carbonyl (C=O) groups is 1. The van der Waals surface area contributed by atoms with E-state index < -0.39 is 0 Å². The van der Waals surface area contributed by atoms with Gasteiger partial charge in [-0.25, -0.2) is 4.98 Å². The minimum atomic E-state index is -0.0218. The number of hydrogen-bond acceptors (Lipinski definition) is 3. The van der Waals surface area contributed by atoms with Gasteiger partial charge in [0, 0.05) is 21.9 Å². The van der Waals surface area contributed by atoms with Crippen LogP contribution in [-0.2, 0) is 4.79 Å². The van der Waals surface area contributed by atoms with Crippen molar-refractivity contribution in [1.29, 1.82) is 0 Å². The lowest BCUT2D eigenvalue weighted by Gasteiger charge is -1.98. The lowest BCUT2D eigenvalue weighted by molar-refractivity contribution is -0.115. The molecule has 0 radical (unpaired) electrons. The second-order valence-electron chi connectivity index (χ2n) is 3.83. The topological polar surface area (TPSA) is 42.0 Å². The Morgan fingerprint density at radius 1 is 1.39 bits per heavy atom. The van der Waals surface area contributed by atoms with Gasteiger partial charge in [-0.05, 0) is 19.1 Å². The van der Waals surface area contributed by atoms with Crippen molar-refractivity contribution >= 4 is 34.0 Å². The van der Waals surface area contributed by atoms with E-state index >= 15 is 0 Å². The molecule has 2 aromatic rings. The van der Waals surface area contributed by atoms with Crippen LogP contribution < -0.4 is 5.32 Å². The molecule has 94 valence electrons. The summed E-state index contributed by atoms with van der Waals surface area (Å²) < 4.78 is 0. The number of aromatic nitrogens is 1. The molecule has 1 heterocycles. The van der Waals surface area contributed by atoms with Crippen molar-refractivity contribution in [2.45, 2.75) is 20.3 Å². The van der Waals surface area contributed by atoms with E-state index in [1.807, 2.05) is 38.1 Å². The van der Waals surface area contributed by atoms with Crippen molar-refractivity contribution < 1.29 is 4.79 Å². The monoisotopic (exact) mass is 280 g/mol. The van der Waals surface area contributed by atoms with Crippen LogP contribution >= 0.6 is 22.9 Å². The Bertz CT molecular complexity index is 563. The summed E-state index contributed by atoms with van der Waals surface area (Å²) in [7, 11) is 0. The Morgan fingerprint density at radius 3 is 2.67 bits per heavy atom. The molecule has 0 aliphatic heterocycles. The molecule has 18 heavy (non-hydrogen) atoms. The van der Waals surface area contributed by atoms with Crippen molar-refractivity contribution in [3.05, 3.63) is 34.2 Å². The molecular formula is C13H13ClN2OS. The van der Waals surface area contributed by atoms with Crippen molar-refractivity contribution in [2.75, 3.05) is 5.32 Å². The van der Waals surface area contributed by atoms with E-state index in [1.54, 1.807) is 0 Å². The zero-order valence-corrected chi connectivity index (χ0v) is 11.7. The van der Waals surface area contributed by atoms with Gasteiger partial charge in [-0.1, -0.05) is 30.7 Å². The van der Waals surface area contributed by atoms with Crippen LogP contribution in [0.3, 0.4) is 0 Å². The molecule has 0 spiro atoms. The molecule has 0 fully saturated rings. The number of thiazole rings is 1. The fourth-order valence-corrected chi connectivity index (χ4v) is 2.51. The zero-order chi connectivity index (χ0) is 13.1. The van der Waals surface area contributed by atoms with Crippen molar-refractivity contribution in [3.8, 4) is 11.3 Å². The fourth-order valence-electron chi connectivity index (χ4n) is 1.53. The number of nitrogens with zero attached hydrogens (tertiary/aromatic N) is 1. The molecule has 0 unspecified atom stereocenters. The number of benzene rings is 1. The molecule has 0 saturated carbocycles. The first-order valence-electron chi connectivity index (χ1n) is 5.63. The molecule has 0 saturated heterocycles. The van der Waals surface area contributed by atoms with Crippen LogP contribution in [0.2, 0.25) is 5.02 Å². The lowest BCUT2D eigenvalue weighted by atomic mass is 10.1. The largest absolute Gasteiger partial charge is 0.302 e. The summed E-state index contributed by atoms with van der Waals surface area (Å²) >= 11 is 7.34. The molecule has 3 nitrogen and oxygen atoms in total. The molecule has 1 amide bonds. The highest BCUT2D eigenvalue weighted by Gasteiger charge is 2.11. The first kappa shape index (κ1) is 13.1. The summed E-state index contributed by atoms with van der Waals surface area (Å²) in [6.07, 6.45) is 0.453. The average Bonchev–Trinajstić information content (AvgIpc) is 2.71. The van der Waals surface area contributed by atoms with Crippen LogP contribution in [0.1, 0.15) is 18.2 Å². The number of halogens is 1. The van der Waals surface area contributed by atoms with Gasteiger partial charge in [-0.3, -0.25) is 4.79 Å². The van der Waals surface area contributed by atoms with Gasteiger partial charge in [0.2, 0.25) is 5.91 Å². The van der Waals surface area contributed by atoms with E-state index in [-0.39, 0.29) is 5.91 Å². The number of aryl methyl sites for hydroxylation is 1. The van der Waals surface area contributed by atoms with Gasteiger partial charge in [0.1, 0.15) is 0 Å². The Balaban J connectivity index is 2.29. The highest BCUT2D eigenvalue weighted by Crippen LogP contribution is 2.30. The van der Waals surface area contributed by atoms with E-state index in [0.29, 0.717) is 16.6 Å². The number of nitrogens with one attached hydrogen (secondary N) is 1. The molecule has 5 heteroatoms. The Labute approximate surface area is 115 Å². The maximum atomic E-state index is 11.3. The van der Waals surface area contributed by atoms with E-state index in [4.69, 9.17) is 11.6 Å². The molecule has 2 rings (SSSR count). The van der Waals surface area contributed by atoms with Crippen molar-refractivity contribution in [3.63, 3.8) is 0 Å². The average molecular weight is 281 g/mol. The Morgan fingerprint density at radius 2 is 2.06 bits per heavy atom. The molecule has 1 aromatic carbocycles. The first-order valence-corrected chi connectivity index (χ1v) is 6.83. The summed E-state index contributed by atoms with van der Waals surface area (Å²) in [6.45, 7) is 3.80. The third kappa shape index (κ3) is 2.89. The smallest absolute Gasteiger partial charge is 0.225 e. The second kappa shape index (κ2) is 5.50. The van der Waals surface area contributed by atoms with E-state index in [0.717, 1.165) is 16.1 Å². The van der Waals surface area contributed by atoms with Gasteiger partial charge in [-0.2, -0.15) is 0 Å². The molecule has 0 aliphatic carbocycles. The lowest BCUT2D eigenvalue weighted by Crippen LogP contribution is -2.08. The maximum Gasteiger partial charge on any atom is 0.225 e. The number of amides is 1. The van der Waals surface area contributed by atoms with Crippen LogP contribution in [0, 0.1) is 6.92 Å². The fraction of sp³-hybridized carbons (Fsp3) is 0.231. The first-order chi connectivity index (χ1) is 8.60. The minimum Gasteiger partial charge on any atom is -0.302 e. The van der Waals surface area contributed by atoms with Gasteiger partial charge < -0.3 is 5.32 Å².